The molecule has 2 rings (SSSR count). The van der Waals surface area contributed by atoms with Gasteiger partial charge < -0.3 is 4.84 Å². The average Bonchev–Trinajstić information content (AvgIpc) is 2.55. The Kier molecular flexibility index (Phi) is 8.16. The lowest BCUT2D eigenvalue weighted by atomic mass is 10.00. The predicted molar refractivity (Wildman–Crippen MR) is 95.1 cm³/mol. The molecule has 0 amide bonds. The second-order valence-corrected chi connectivity index (χ2v) is 6.66. The van der Waals surface area contributed by atoms with E-state index < -0.39 is 5.97 Å². The van der Waals surface area contributed by atoms with E-state index in [1.807, 2.05) is 0 Å². The number of carbonyl (C=O) groups is 1. The zero-order chi connectivity index (χ0) is 16.3. The fraction of sp³-hybridized carbons (Fsp3) is 0.579. The van der Waals surface area contributed by atoms with E-state index in [-0.39, 0.29) is 0 Å². The summed E-state index contributed by atoms with van der Waals surface area (Å²) in [6, 6.07) is 6.68. The van der Waals surface area contributed by atoms with Crippen molar-refractivity contribution in [3.63, 3.8) is 0 Å². The molecule has 1 aliphatic carbocycles. The molecule has 4 heteroatoms. The van der Waals surface area contributed by atoms with Crippen molar-refractivity contribution in [2.75, 3.05) is 0 Å². The predicted octanol–water partition coefficient (Wildman–Crippen LogP) is 6.16. The van der Waals surface area contributed by atoms with Gasteiger partial charge in [-0.2, -0.15) is 0 Å². The number of halogens is 1. The minimum absolute atomic E-state index is 0.416. The van der Waals surface area contributed by atoms with Gasteiger partial charge in [0.15, 0.2) is 0 Å². The van der Waals surface area contributed by atoms with Crippen molar-refractivity contribution in [2.45, 2.75) is 70.6 Å². The molecule has 0 aromatic heterocycles. The maximum absolute atomic E-state index is 12.0. The number of carbonyl (C=O) groups excluding carboxylic acids is 1. The Morgan fingerprint density at radius 1 is 0.826 bits per heavy atom. The largest absolute Gasteiger partial charge is 0.365 e. The summed E-state index contributed by atoms with van der Waals surface area (Å²) in [6.07, 6.45) is 13.3. The molecule has 126 valence electrons. The van der Waals surface area contributed by atoms with Crippen molar-refractivity contribution >= 4 is 23.3 Å². The molecule has 1 aromatic carbocycles. The number of benzene rings is 1. The SMILES string of the molecule is O=C(ON=C1CCCCCCCCCCC1)c1ccc(Cl)cc1. The summed E-state index contributed by atoms with van der Waals surface area (Å²) in [7, 11) is 0. The Morgan fingerprint density at radius 3 is 1.83 bits per heavy atom. The molecule has 0 spiro atoms. The Morgan fingerprint density at radius 2 is 1.30 bits per heavy atom. The minimum atomic E-state index is -0.416. The molecule has 1 fully saturated rings. The van der Waals surface area contributed by atoms with Crippen molar-refractivity contribution in [3.8, 4) is 0 Å². The van der Waals surface area contributed by atoms with Crippen LogP contribution in [0.5, 0.6) is 0 Å². The number of oxime groups is 1. The molecule has 0 bridgehead atoms. The highest BCUT2D eigenvalue weighted by atomic mass is 35.5. The van der Waals surface area contributed by atoms with Crippen LogP contribution in [0.4, 0.5) is 0 Å². The van der Waals surface area contributed by atoms with Gasteiger partial charge in [-0.15, -0.1) is 0 Å². The van der Waals surface area contributed by atoms with Crippen molar-refractivity contribution in [2.24, 2.45) is 5.16 Å². The number of hydrogen-bond acceptors (Lipinski definition) is 3. The molecule has 0 radical (unpaired) electrons. The van der Waals surface area contributed by atoms with Crippen LogP contribution >= 0.6 is 11.6 Å². The highest BCUT2D eigenvalue weighted by Gasteiger charge is 2.09. The zero-order valence-electron chi connectivity index (χ0n) is 13.7. The maximum atomic E-state index is 12.0. The fourth-order valence-electron chi connectivity index (χ4n) is 2.86. The van der Waals surface area contributed by atoms with Crippen molar-refractivity contribution in [1.82, 2.24) is 0 Å². The summed E-state index contributed by atoms with van der Waals surface area (Å²) in [5.41, 5.74) is 1.50. The lowest BCUT2D eigenvalue weighted by Gasteiger charge is -2.09. The first-order valence-electron chi connectivity index (χ1n) is 8.78. The van der Waals surface area contributed by atoms with Crippen LogP contribution < -0.4 is 0 Å². The summed E-state index contributed by atoms with van der Waals surface area (Å²) >= 11 is 5.82. The molecular weight excluding hydrogens is 310 g/mol. The topological polar surface area (TPSA) is 38.7 Å². The van der Waals surface area contributed by atoms with Crippen LogP contribution in [0.25, 0.3) is 0 Å². The summed E-state index contributed by atoms with van der Waals surface area (Å²) in [6.45, 7) is 0. The monoisotopic (exact) mass is 335 g/mol. The van der Waals surface area contributed by atoms with Crippen LogP contribution in [0.1, 0.15) is 81.0 Å². The van der Waals surface area contributed by atoms with Crippen LogP contribution in [-0.2, 0) is 4.84 Å². The van der Waals surface area contributed by atoms with E-state index in [0.29, 0.717) is 10.6 Å². The first kappa shape index (κ1) is 18.0. The standard InChI is InChI=1S/C19H26ClNO2/c20-17-14-12-16(13-15-17)19(22)23-21-18-10-8-6-4-2-1-3-5-7-9-11-18/h12-15H,1-11H2. The Bertz CT molecular complexity index is 497. The Balaban J connectivity index is 1.88. The smallest absolute Gasteiger partial charge is 0.313 e. The van der Waals surface area contributed by atoms with E-state index in [2.05, 4.69) is 5.16 Å². The van der Waals surface area contributed by atoms with Gasteiger partial charge in [-0.25, -0.2) is 4.79 Å². The van der Waals surface area contributed by atoms with Gasteiger partial charge in [-0.1, -0.05) is 61.7 Å². The number of rotatable bonds is 2. The van der Waals surface area contributed by atoms with Crippen LogP contribution in [0.2, 0.25) is 5.02 Å². The van der Waals surface area contributed by atoms with Gasteiger partial charge >= 0.3 is 5.97 Å². The van der Waals surface area contributed by atoms with Gasteiger partial charge in [0.05, 0.1) is 11.3 Å². The molecule has 0 atom stereocenters. The lowest BCUT2D eigenvalue weighted by Crippen LogP contribution is -2.06. The van der Waals surface area contributed by atoms with E-state index in [9.17, 15) is 4.79 Å². The Labute approximate surface area is 144 Å². The third-order valence-corrected chi connectivity index (χ3v) is 4.52. The third-order valence-electron chi connectivity index (χ3n) is 4.27. The molecule has 0 unspecified atom stereocenters. The van der Waals surface area contributed by atoms with Gasteiger partial charge in [-0.3, -0.25) is 0 Å². The number of hydrogen-bond donors (Lipinski definition) is 0. The lowest BCUT2D eigenvalue weighted by molar-refractivity contribution is 0.0514. The van der Waals surface area contributed by atoms with Gasteiger partial charge in [0.25, 0.3) is 0 Å². The normalized spacial score (nSPS) is 17.7. The van der Waals surface area contributed by atoms with E-state index in [0.717, 1.165) is 31.4 Å². The van der Waals surface area contributed by atoms with Crippen molar-refractivity contribution < 1.29 is 9.63 Å². The second kappa shape index (κ2) is 10.4. The third kappa shape index (κ3) is 7.17. The Hall–Kier alpha value is -1.35. The highest BCUT2D eigenvalue weighted by molar-refractivity contribution is 6.30. The molecular formula is C19H26ClNO2. The molecule has 1 aliphatic rings. The van der Waals surface area contributed by atoms with Gasteiger partial charge in [0, 0.05) is 5.02 Å². The molecule has 0 aliphatic heterocycles. The maximum Gasteiger partial charge on any atom is 0.365 e. The minimum Gasteiger partial charge on any atom is -0.313 e. The van der Waals surface area contributed by atoms with E-state index in [1.165, 1.54) is 44.9 Å². The number of nitrogens with zero attached hydrogens (tertiary/aromatic N) is 1. The molecule has 3 nitrogen and oxygen atoms in total. The van der Waals surface area contributed by atoms with E-state index in [1.54, 1.807) is 24.3 Å². The van der Waals surface area contributed by atoms with Gasteiger partial charge in [-0.05, 0) is 49.9 Å². The molecule has 0 heterocycles. The summed E-state index contributed by atoms with van der Waals surface area (Å²) in [5, 5.41) is 4.75. The van der Waals surface area contributed by atoms with Crippen LogP contribution in [0.3, 0.4) is 0 Å². The quantitative estimate of drug-likeness (QED) is 0.479. The van der Waals surface area contributed by atoms with Crippen LogP contribution in [0.15, 0.2) is 29.4 Å². The first-order valence-corrected chi connectivity index (χ1v) is 9.16. The van der Waals surface area contributed by atoms with Crippen molar-refractivity contribution in [1.29, 1.82) is 0 Å². The zero-order valence-corrected chi connectivity index (χ0v) is 14.5. The molecule has 0 saturated heterocycles. The van der Waals surface area contributed by atoms with Crippen molar-refractivity contribution in [3.05, 3.63) is 34.9 Å². The van der Waals surface area contributed by atoms with Crippen LogP contribution in [-0.4, -0.2) is 11.7 Å². The van der Waals surface area contributed by atoms with E-state index in [4.69, 9.17) is 16.4 Å². The van der Waals surface area contributed by atoms with E-state index >= 15 is 0 Å². The summed E-state index contributed by atoms with van der Waals surface area (Å²) < 4.78 is 0. The second-order valence-electron chi connectivity index (χ2n) is 6.23. The summed E-state index contributed by atoms with van der Waals surface area (Å²) in [4.78, 5) is 17.1. The molecule has 0 N–H and O–H groups in total. The highest BCUT2D eigenvalue weighted by Crippen LogP contribution is 2.16. The first-order chi connectivity index (χ1) is 11.3. The van der Waals surface area contributed by atoms with Gasteiger partial charge in [0.1, 0.15) is 0 Å². The molecule has 1 aromatic rings. The van der Waals surface area contributed by atoms with Gasteiger partial charge in [0.2, 0.25) is 0 Å². The van der Waals surface area contributed by atoms with Crippen LogP contribution in [0, 0.1) is 0 Å². The summed E-state index contributed by atoms with van der Waals surface area (Å²) in [5.74, 6) is -0.416. The fourth-order valence-corrected chi connectivity index (χ4v) is 2.98. The average molecular weight is 336 g/mol. The molecule has 1 saturated carbocycles. The molecule has 23 heavy (non-hydrogen) atoms.